The van der Waals surface area contributed by atoms with Crippen molar-refractivity contribution < 1.29 is 9.47 Å². The molecule has 1 aromatic heterocycles. The van der Waals surface area contributed by atoms with Gasteiger partial charge in [0.2, 0.25) is 5.88 Å². The number of aromatic nitrogens is 2. The van der Waals surface area contributed by atoms with Gasteiger partial charge in [0.15, 0.2) is 0 Å². The molecular formula is C17H15N3O3. The number of H-pyrrole nitrogens is 1. The standard InChI is InChI=1S/C17H15N3O3/c1-22-15-6-5-13(23-17-8-7-16(21)19-20-17)10-14(15)11-3-2-4-12(18)9-11/h2-10H,18H2,1H3,(H,19,21). The Labute approximate surface area is 132 Å². The van der Waals surface area contributed by atoms with Crippen LogP contribution in [0.15, 0.2) is 59.4 Å². The second-order valence-electron chi connectivity index (χ2n) is 4.85. The van der Waals surface area contributed by atoms with Crippen LogP contribution in [0, 0.1) is 0 Å². The number of methoxy groups -OCH3 is 1. The number of nitrogen functional groups attached to an aromatic ring is 1. The minimum Gasteiger partial charge on any atom is -0.496 e. The van der Waals surface area contributed by atoms with Gasteiger partial charge in [0, 0.05) is 23.4 Å². The maximum Gasteiger partial charge on any atom is 0.264 e. The zero-order chi connectivity index (χ0) is 16.2. The van der Waals surface area contributed by atoms with E-state index in [1.54, 1.807) is 19.2 Å². The van der Waals surface area contributed by atoms with Crippen LogP contribution in [0.1, 0.15) is 0 Å². The molecule has 0 atom stereocenters. The van der Waals surface area contributed by atoms with Crippen molar-refractivity contribution in [1.82, 2.24) is 10.2 Å². The molecule has 0 fully saturated rings. The minimum absolute atomic E-state index is 0.285. The molecule has 6 heteroatoms. The first-order valence-corrected chi connectivity index (χ1v) is 6.93. The SMILES string of the molecule is COc1ccc(Oc2ccc(=O)[nH]n2)cc1-c1cccc(N)c1. The third kappa shape index (κ3) is 3.32. The summed E-state index contributed by atoms with van der Waals surface area (Å²) in [4.78, 5) is 11.0. The van der Waals surface area contributed by atoms with Gasteiger partial charge >= 0.3 is 0 Å². The van der Waals surface area contributed by atoms with Gasteiger partial charge in [0.25, 0.3) is 5.56 Å². The number of nitrogens with zero attached hydrogens (tertiary/aromatic N) is 1. The van der Waals surface area contributed by atoms with Crippen molar-refractivity contribution in [1.29, 1.82) is 0 Å². The highest BCUT2D eigenvalue weighted by atomic mass is 16.5. The second kappa shape index (κ2) is 6.23. The Morgan fingerprint density at radius 3 is 2.65 bits per heavy atom. The Morgan fingerprint density at radius 2 is 1.96 bits per heavy atom. The predicted molar refractivity (Wildman–Crippen MR) is 87.8 cm³/mol. The van der Waals surface area contributed by atoms with E-state index in [-0.39, 0.29) is 5.56 Å². The number of benzene rings is 2. The first-order valence-electron chi connectivity index (χ1n) is 6.93. The van der Waals surface area contributed by atoms with Crippen LogP contribution >= 0.6 is 0 Å². The van der Waals surface area contributed by atoms with Crippen LogP contribution in [-0.2, 0) is 0 Å². The van der Waals surface area contributed by atoms with Gasteiger partial charge in [0.05, 0.1) is 7.11 Å². The molecule has 23 heavy (non-hydrogen) atoms. The van der Waals surface area contributed by atoms with Gasteiger partial charge in [0.1, 0.15) is 11.5 Å². The van der Waals surface area contributed by atoms with Crippen LogP contribution in [0.3, 0.4) is 0 Å². The van der Waals surface area contributed by atoms with Crippen LogP contribution in [0.5, 0.6) is 17.4 Å². The molecule has 0 spiro atoms. The van der Waals surface area contributed by atoms with Crippen LogP contribution < -0.4 is 20.8 Å². The summed E-state index contributed by atoms with van der Waals surface area (Å²) in [5.41, 5.74) is 7.99. The lowest BCUT2D eigenvalue weighted by Gasteiger charge is -2.12. The fraction of sp³-hybridized carbons (Fsp3) is 0.0588. The van der Waals surface area contributed by atoms with Gasteiger partial charge in [-0.1, -0.05) is 12.1 Å². The molecule has 6 nitrogen and oxygen atoms in total. The predicted octanol–water partition coefficient (Wildman–Crippen LogP) is 2.82. The molecule has 0 bridgehead atoms. The molecule has 0 aliphatic carbocycles. The highest BCUT2D eigenvalue weighted by molar-refractivity contribution is 5.74. The summed E-state index contributed by atoms with van der Waals surface area (Å²) in [7, 11) is 1.61. The molecule has 0 saturated carbocycles. The fourth-order valence-electron chi connectivity index (χ4n) is 2.19. The number of nitrogens with two attached hydrogens (primary N) is 1. The van der Waals surface area contributed by atoms with Gasteiger partial charge in [-0.05, 0) is 35.9 Å². The molecule has 0 aliphatic heterocycles. The summed E-state index contributed by atoms with van der Waals surface area (Å²) < 4.78 is 11.1. The number of hydrogen-bond donors (Lipinski definition) is 2. The van der Waals surface area contributed by atoms with E-state index in [0.717, 1.165) is 11.1 Å². The third-order valence-electron chi connectivity index (χ3n) is 3.24. The van der Waals surface area contributed by atoms with Crippen LogP contribution in [-0.4, -0.2) is 17.3 Å². The summed E-state index contributed by atoms with van der Waals surface area (Å²) in [6.45, 7) is 0. The zero-order valence-corrected chi connectivity index (χ0v) is 12.4. The smallest absolute Gasteiger partial charge is 0.264 e. The lowest BCUT2D eigenvalue weighted by molar-refractivity contribution is 0.413. The molecule has 0 amide bonds. The largest absolute Gasteiger partial charge is 0.496 e. The van der Waals surface area contributed by atoms with E-state index in [1.807, 2.05) is 30.3 Å². The first-order chi connectivity index (χ1) is 11.2. The number of rotatable bonds is 4. The number of ether oxygens (including phenoxy) is 2. The van der Waals surface area contributed by atoms with E-state index in [2.05, 4.69) is 10.2 Å². The quantitative estimate of drug-likeness (QED) is 0.723. The monoisotopic (exact) mass is 309 g/mol. The summed E-state index contributed by atoms with van der Waals surface area (Å²) in [6.07, 6.45) is 0. The molecule has 3 rings (SSSR count). The fourth-order valence-corrected chi connectivity index (χ4v) is 2.19. The summed E-state index contributed by atoms with van der Waals surface area (Å²) in [5, 5.41) is 6.15. The van der Waals surface area contributed by atoms with Crippen molar-refractivity contribution in [2.45, 2.75) is 0 Å². The molecule has 3 aromatic rings. The topological polar surface area (TPSA) is 90.2 Å². The maximum atomic E-state index is 11.0. The highest BCUT2D eigenvalue weighted by Gasteiger charge is 2.09. The van der Waals surface area contributed by atoms with E-state index in [4.69, 9.17) is 15.2 Å². The van der Waals surface area contributed by atoms with E-state index in [9.17, 15) is 4.79 Å². The molecule has 1 heterocycles. The molecule has 0 aliphatic rings. The summed E-state index contributed by atoms with van der Waals surface area (Å²) in [5.74, 6) is 1.58. The normalized spacial score (nSPS) is 10.3. The van der Waals surface area contributed by atoms with Crippen molar-refractivity contribution in [3.63, 3.8) is 0 Å². The van der Waals surface area contributed by atoms with Crippen molar-refractivity contribution in [2.24, 2.45) is 0 Å². The van der Waals surface area contributed by atoms with E-state index in [1.165, 1.54) is 12.1 Å². The molecule has 0 radical (unpaired) electrons. The summed E-state index contributed by atoms with van der Waals surface area (Å²) >= 11 is 0. The number of hydrogen-bond acceptors (Lipinski definition) is 5. The molecule has 116 valence electrons. The van der Waals surface area contributed by atoms with Crippen molar-refractivity contribution in [3.05, 3.63) is 65.0 Å². The number of anilines is 1. The number of nitrogens with one attached hydrogen (secondary N) is 1. The molecule has 0 unspecified atom stereocenters. The average Bonchev–Trinajstić information content (AvgIpc) is 2.57. The Morgan fingerprint density at radius 1 is 1.09 bits per heavy atom. The molecule has 2 aromatic carbocycles. The van der Waals surface area contributed by atoms with Gasteiger partial charge in [-0.25, -0.2) is 5.10 Å². The Balaban J connectivity index is 1.98. The first kappa shape index (κ1) is 14.6. The second-order valence-corrected chi connectivity index (χ2v) is 4.85. The van der Waals surface area contributed by atoms with Gasteiger partial charge in [-0.3, -0.25) is 4.79 Å². The highest BCUT2D eigenvalue weighted by Crippen LogP contribution is 2.35. The van der Waals surface area contributed by atoms with E-state index >= 15 is 0 Å². The average molecular weight is 309 g/mol. The third-order valence-corrected chi connectivity index (χ3v) is 3.24. The minimum atomic E-state index is -0.285. The molecule has 0 saturated heterocycles. The van der Waals surface area contributed by atoms with Crippen LogP contribution in [0.2, 0.25) is 0 Å². The lowest BCUT2D eigenvalue weighted by atomic mass is 10.0. The Bertz CT molecular complexity index is 870. The van der Waals surface area contributed by atoms with Crippen LogP contribution in [0.25, 0.3) is 11.1 Å². The molecule has 3 N–H and O–H groups in total. The van der Waals surface area contributed by atoms with Crippen LogP contribution in [0.4, 0.5) is 5.69 Å². The lowest BCUT2D eigenvalue weighted by Crippen LogP contribution is -2.05. The van der Waals surface area contributed by atoms with Crippen molar-refractivity contribution in [3.8, 4) is 28.5 Å². The zero-order valence-electron chi connectivity index (χ0n) is 12.4. The van der Waals surface area contributed by atoms with Gasteiger partial charge < -0.3 is 15.2 Å². The Hall–Kier alpha value is -3.28. The Kier molecular flexibility index (Phi) is 3.97. The van der Waals surface area contributed by atoms with E-state index in [0.29, 0.717) is 23.1 Å². The maximum absolute atomic E-state index is 11.0. The summed E-state index contributed by atoms with van der Waals surface area (Å²) in [6, 6.07) is 15.8. The van der Waals surface area contributed by atoms with Gasteiger partial charge in [-0.15, -0.1) is 5.10 Å². The van der Waals surface area contributed by atoms with E-state index < -0.39 is 0 Å². The van der Waals surface area contributed by atoms with Gasteiger partial charge in [-0.2, -0.15) is 0 Å². The molecular weight excluding hydrogens is 294 g/mol. The number of aromatic amines is 1. The van der Waals surface area contributed by atoms with Crippen molar-refractivity contribution in [2.75, 3.05) is 12.8 Å². The van der Waals surface area contributed by atoms with Crippen molar-refractivity contribution >= 4 is 5.69 Å².